The van der Waals surface area contributed by atoms with Crippen LogP contribution in [0.1, 0.15) is 24.8 Å². The minimum Gasteiger partial charge on any atom is -0.381 e. The average molecular weight is 298 g/mol. The van der Waals surface area contributed by atoms with Crippen molar-refractivity contribution in [3.8, 4) is 0 Å². The quantitative estimate of drug-likeness (QED) is 0.931. The summed E-state index contributed by atoms with van der Waals surface area (Å²) in [7, 11) is 0. The van der Waals surface area contributed by atoms with Gasteiger partial charge in [0, 0.05) is 29.5 Å². The highest BCUT2D eigenvalue weighted by atomic mass is 79.9. The molecule has 0 unspecified atom stereocenters. The summed E-state index contributed by atoms with van der Waals surface area (Å²) in [6.07, 6.45) is 2.12. The first-order chi connectivity index (χ1) is 8.12. The number of carbonyl (C=O) groups excluding carboxylic acids is 1. The van der Waals surface area contributed by atoms with Crippen LogP contribution in [0.5, 0.6) is 0 Å². The van der Waals surface area contributed by atoms with Crippen LogP contribution >= 0.6 is 15.9 Å². The lowest BCUT2D eigenvalue weighted by molar-refractivity contribution is -0.120. The standard InChI is InChI=1S/C13H16BrNO2/c14-11-3-1-10(2-4-11)13(9-12(15)16)5-7-17-8-6-13/h1-4H,5-9H2,(H2,15,16). The number of ether oxygens (including phenoxy) is 1. The van der Waals surface area contributed by atoms with Crippen molar-refractivity contribution in [2.45, 2.75) is 24.7 Å². The van der Waals surface area contributed by atoms with E-state index >= 15 is 0 Å². The van der Waals surface area contributed by atoms with Crippen LogP contribution in [0.15, 0.2) is 28.7 Å². The smallest absolute Gasteiger partial charge is 0.218 e. The highest BCUT2D eigenvalue weighted by Crippen LogP contribution is 2.38. The van der Waals surface area contributed by atoms with Crippen LogP contribution in [0, 0.1) is 0 Å². The molecule has 2 rings (SSSR count). The van der Waals surface area contributed by atoms with Gasteiger partial charge in [0.1, 0.15) is 0 Å². The van der Waals surface area contributed by atoms with Gasteiger partial charge in [-0.05, 0) is 30.5 Å². The minimum absolute atomic E-state index is 0.134. The largest absolute Gasteiger partial charge is 0.381 e. The third-order valence-corrected chi connectivity index (χ3v) is 3.95. The van der Waals surface area contributed by atoms with Crippen LogP contribution in [-0.4, -0.2) is 19.1 Å². The van der Waals surface area contributed by atoms with E-state index < -0.39 is 0 Å². The molecule has 17 heavy (non-hydrogen) atoms. The third kappa shape index (κ3) is 2.87. The van der Waals surface area contributed by atoms with Crippen LogP contribution < -0.4 is 5.73 Å². The summed E-state index contributed by atoms with van der Waals surface area (Å²) < 4.78 is 6.43. The van der Waals surface area contributed by atoms with Gasteiger partial charge in [-0.25, -0.2) is 0 Å². The van der Waals surface area contributed by atoms with E-state index in [4.69, 9.17) is 10.5 Å². The number of amides is 1. The first-order valence-electron chi connectivity index (χ1n) is 5.74. The van der Waals surface area contributed by atoms with E-state index in [0.717, 1.165) is 17.3 Å². The van der Waals surface area contributed by atoms with Gasteiger partial charge in [0.15, 0.2) is 0 Å². The van der Waals surface area contributed by atoms with Crippen molar-refractivity contribution in [2.24, 2.45) is 5.73 Å². The van der Waals surface area contributed by atoms with Gasteiger partial charge < -0.3 is 10.5 Å². The summed E-state index contributed by atoms with van der Waals surface area (Å²) in [5, 5.41) is 0. The molecule has 1 aromatic rings. The predicted molar refractivity (Wildman–Crippen MR) is 69.7 cm³/mol. The second-order valence-corrected chi connectivity index (χ2v) is 5.46. The zero-order chi connectivity index (χ0) is 12.3. The molecule has 0 spiro atoms. The molecule has 0 aromatic heterocycles. The van der Waals surface area contributed by atoms with Crippen molar-refractivity contribution in [3.05, 3.63) is 34.3 Å². The van der Waals surface area contributed by atoms with Gasteiger partial charge in [-0.1, -0.05) is 28.1 Å². The Bertz CT molecular complexity index is 396. The number of primary amides is 1. The van der Waals surface area contributed by atoms with Crippen molar-refractivity contribution in [3.63, 3.8) is 0 Å². The number of rotatable bonds is 3. The molecular weight excluding hydrogens is 282 g/mol. The highest BCUT2D eigenvalue weighted by molar-refractivity contribution is 9.10. The number of nitrogens with two attached hydrogens (primary N) is 1. The molecule has 1 heterocycles. The van der Waals surface area contributed by atoms with Gasteiger partial charge in [-0.3, -0.25) is 4.79 Å². The number of benzene rings is 1. The maximum atomic E-state index is 11.3. The molecule has 1 aliphatic heterocycles. The zero-order valence-corrected chi connectivity index (χ0v) is 11.2. The molecule has 0 saturated carbocycles. The number of hydrogen-bond donors (Lipinski definition) is 1. The van der Waals surface area contributed by atoms with Crippen molar-refractivity contribution >= 4 is 21.8 Å². The summed E-state index contributed by atoms with van der Waals surface area (Å²) >= 11 is 3.42. The van der Waals surface area contributed by atoms with E-state index in [1.165, 1.54) is 5.56 Å². The van der Waals surface area contributed by atoms with Crippen molar-refractivity contribution < 1.29 is 9.53 Å². The second kappa shape index (κ2) is 5.19. The van der Waals surface area contributed by atoms with Crippen LogP contribution in [-0.2, 0) is 14.9 Å². The first kappa shape index (κ1) is 12.6. The summed E-state index contributed by atoms with van der Waals surface area (Å²) in [6, 6.07) is 8.15. The average Bonchev–Trinajstić information content (AvgIpc) is 2.30. The Hall–Kier alpha value is -0.870. The van der Waals surface area contributed by atoms with Crippen molar-refractivity contribution in [2.75, 3.05) is 13.2 Å². The van der Waals surface area contributed by atoms with E-state index in [2.05, 4.69) is 28.1 Å². The highest BCUT2D eigenvalue weighted by Gasteiger charge is 2.35. The fourth-order valence-corrected chi connectivity index (χ4v) is 2.73. The maximum absolute atomic E-state index is 11.3. The third-order valence-electron chi connectivity index (χ3n) is 3.42. The lowest BCUT2D eigenvalue weighted by Gasteiger charge is -2.37. The van der Waals surface area contributed by atoms with Gasteiger partial charge in [0.25, 0.3) is 0 Å². The Kier molecular flexibility index (Phi) is 3.84. The molecule has 0 atom stereocenters. The predicted octanol–water partition coefficient (Wildman–Crippen LogP) is 2.37. The zero-order valence-electron chi connectivity index (χ0n) is 9.62. The molecule has 4 heteroatoms. The molecule has 1 saturated heterocycles. The van der Waals surface area contributed by atoms with Gasteiger partial charge in [0.05, 0.1) is 0 Å². The molecule has 1 amide bonds. The van der Waals surface area contributed by atoms with Crippen LogP contribution in [0.25, 0.3) is 0 Å². The minimum atomic E-state index is -0.241. The molecule has 1 aromatic carbocycles. The van der Waals surface area contributed by atoms with E-state index in [-0.39, 0.29) is 11.3 Å². The molecule has 92 valence electrons. The van der Waals surface area contributed by atoms with Crippen LogP contribution in [0.2, 0.25) is 0 Å². The first-order valence-corrected chi connectivity index (χ1v) is 6.54. The summed E-state index contributed by atoms with van der Waals surface area (Å²) in [4.78, 5) is 11.3. The lowest BCUT2D eigenvalue weighted by Crippen LogP contribution is -2.37. The summed E-state index contributed by atoms with van der Waals surface area (Å²) in [5.74, 6) is -0.241. The fourth-order valence-electron chi connectivity index (χ4n) is 2.47. The Balaban J connectivity index is 2.31. The van der Waals surface area contributed by atoms with Gasteiger partial charge >= 0.3 is 0 Å². The molecule has 2 N–H and O–H groups in total. The van der Waals surface area contributed by atoms with Gasteiger partial charge in [0.2, 0.25) is 5.91 Å². The Morgan fingerprint density at radius 1 is 1.29 bits per heavy atom. The maximum Gasteiger partial charge on any atom is 0.218 e. The van der Waals surface area contributed by atoms with E-state index in [1.807, 2.05) is 12.1 Å². The Morgan fingerprint density at radius 2 is 1.88 bits per heavy atom. The molecule has 0 bridgehead atoms. The number of halogens is 1. The van der Waals surface area contributed by atoms with E-state index in [1.54, 1.807) is 0 Å². The van der Waals surface area contributed by atoms with Crippen molar-refractivity contribution in [1.29, 1.82) is 0 Å². The normalized spacial score (nSPS) is 18.9. The molecule has 0 aliphatic carbocycles. The summed E-state index contributed by atoms with van der Waals surface area (Å²) in [6.45, 7) is 1.40. The molecule has 0 radical (unpaired) electrons. The molecule has 1 fully saturated rings. The number of carbonyl (C=O) groups is 1. The van der Waals surface area contributed by atoms with Crippen molar-refractivity contribution in [1.82, 2.24) is 0 Å². The Morgan fingerprint density at radius 3 is 2.41 bits per heavy atom. The molecule has 3 nitrogen and oxygen atoms in total. The van der Waals surface area contributed by atoms with Gasteiger partial charge in [-0.15, -0.1) is 0 Å². The Labute approximate surface area is 109 Å². The topological polar surface area (TPSA) is 52.3 Å². The summed E-state index contributed by atoms with van der Waals surface area (Å²) in [5.41, 5.74) is 6.44. The van der Waals surface area contributed by atoms with Gasteiger partial charge in [-0.2, -0.15) is 0 Å². The lowest BCUT2D eigenvalue weighted by atomic mass is 9.71. The second-order valence-electron chi connectivity index (χ2n) is 4.54. The van der Waals surface area contributed by atoms with Crippen LogP contribution in [0.4, 0.5) is 0 Å². The van der Waals surface area contributed by atoms with E-state index in [9.17, 15) is 4.79 Å². The monoisotopic (exact) mass is 297 g/mol. The van der Waals surface area contributed by atoms with Crippen LogP contribution in [0.3, 0.4) is 0 Å². The van der Waals surface area contributed by atoms with E-state index in [0.29, 0.717) is 19.6 Å². The molecular formula is C13H16BrNO2. The number of hydrogen-bond acceptors (Lipinski definition) is 2. The fraction of sp³-hybridized carbons (Fsp3) is 0.462. The molecule has 1 aliphatic rings. The SMILES string of the molecule is NC(=O)CC1(c2ccc(Br)cc2)CCOCC1.